The van der Waals surface area contributed by atoms with Crippen LogP contribution in [0.5, 0.6) is 0 Å². The van der Waals surface area contributed by atoms with E-state index in [9.17, 15) is 13.2 Å². The van der Waals surface area contributed by atoms with E-state index in [0.717, 1.165) is 0 Å². The molecule has 0 saturated heterocycles. The second kappa shape index (κ2) is 2.78. The van der Waals surface area contributed by atoms with Gasteiger partial charge < -0.3 is 5.73 Å². The zero-order chi connectivity index (χ0) is 9.28. The summed E-state index contributed by atoms with van der Waals surface area (Å²) in [6.07, 6.45) is 0. The fraction of sp³-hybridized carbons (Fsp3) is 0.800. The number of nitrogens with two attached hydrogens (primary N) is 1. The van der Waals surface area contributed by atoms with E-state index in [-0.39, 0.29) is 0 Å². The van der Waals surface area contributed by atoms with Crippen molar-refractivity contribution in [3.63, 3.8) is 0 Å². The molecule has 66 valence electrons. The van der Waals surface area contributed by atoms with Gasteiger partial charge in [0.05, 0.1) is 11.2 Å². The van der Waals surface area contributed by atoms with Crippen molar-refractivity contribution in [3.05, 3.63) is 0 Å². The molecule has 0 bridgehead atoms. The molecule has 6 heteroatoms. The highest BCUT2D eigenvalue weighted by atomic mass is 32.2. The molecular formula is C5H11NO4S. The van der Waals surface area contributed by atoms with Crippen LogP contribution in [0.25, 0.3) is 0 Å². The van der Waals surface area contributed by atoms with Crippen molar-refractivity contribution in [1.29, 1.82) is 0 Å². The Hall–Kier alpha value is -0.620. The lowest BCUT2D eigenvalue weighted by atomic mass is 9.96. The van der Waals surface area contributed by atoms with Crippen LogP contribution < -0.4 is 5.73 Å². The van der Waals surface area contributed by atoms with Crippen LogP contribution in [0.3, 0.4) is 0 Å². The summed E-state index contributed by atoms with van der Waals surface area (Å²) in [5, 5.41) is 0. The summed E-state index contributed by atoms with van der Waals surface area (Å²) in [6, 6.07) is 0. The Bertz CT molecular complexity index is 254. The van der Waals surface area contributed by atoms with E-state index in [4.69, 9.17) is 10.3 Å². The highest BCUT2D eigenvalue weighted by Gasteiger charge is 2.30. The molecule has 5 nitrogen and oxygen atoms in total. The summed E-state index contributed by atoms with van der Waals surface area (Å²) in [7, 11) is -4.13. The maximum Gasteiger partial charge on any atom is 0.265 e. The molecule has 0 aromatic rings. The topological polar surface area (TPSA) is 97.5 Å². The molecule has 0 aliphatic carbocycles. The number of rotatable bonds is 3. The molecule has 0 unspecified atom stereocenters. The monoisotopic (exact) mass is 181 g/mol. The van der Waals surface area contributed by atoms with E-state index in [0.29, 0.717) is 0 Å². The van der Waals surface area contributed by atoms with Crippen LogP contribution in [0.1, 0.15) is 13.8 Å². The third-order valence-electron chi connectivity index (χ3n) is 1.21. The van der Waals surface area contributed by atoms with Gasteiger partial charge >= 0.3 is 0 Å². The predicted octanol–water partition coefficient (Wildman–Crippen LogP) is -0.614. The Kier molecular flexibility index (Phi) is 2.63. The standard InChI is InChI=1S/C5H11NO4S/c1-5(2,4(6)7)3-11(8,9)10/h3H2,1-2H3,(H2,6,7)(H,8,9,10). The van der Waals surface area contributed by atoms with Gasteiger partial charge in [-0.2, -0.15) is 8.42 Å². The molecule has 0 aromatic heterocycles. The van der Waals surface area contributed by atoms with Gasteiger partial charge in [0.25, 0.3) is 10.1 Å². The summed E-state index contributed by atoms with van der Waals surface area (Å²) in [5.74, 6) is -1.40. The van der Waals surface area contributed by atoms with Gasteiger partial charge in [0.15, 0.2) is 0 Å². The van der Waals surface area contributed by atoms with Crippen molar-refractivity contribution in [2.75, 3.05) is 5.75 Å². The second-order valence-electron chi connectivity index (χ2n) is 2.97. The van der Waals surface area contributed by atoms with Gasteiger partial charge in [0.1, 0.15) is 0 Å². The fourth-order valence-corrected chi connectivity index (χ4v) is 1.58. The summed E-state index contributed by atoms with van der Waals surface area (Å²) in [4.78, 5) is 10.5. The van der Waals surface area contributed by atoms with Crippen molar-refractivity contribution in [3.8, 4) is 0 Å². The first-order valence-electron chi connectivity index (χ1n) is 2.90. The molecule has 0 spiro atoms. The summed E-state index contributed by atoms with van der Waals surface area (Å²) in [5.41, 5.74) is 3.65. The Balaban J connectivity index is 4.51. The third kappa shape index (κ3) is 3.94. The first-order chi connectivity index (χ1) is 4.65. The van der Waals surface area contributed by atoms with E-state index in [1.807, 2.05) is 0 Å². The highest BCUT2D eigenvalue weighted by Crippen LogP contribution is 2.15. The average molecular weight is 181 g/mol. The van der Waals surface area contributed by atoms with Crippen molar-refractivity contribution in [2.24, 2.45) is 11.1 Å². The Morgan fingerprint density at radius 1 is 1.55 bits per heavy atom. The van der Waals surface area contributed by atoms with Gasteiger partial charge in [-0.1, -0.05) is 0 Å². The largest absolute Gasteiger partial charge is 0.369 e. The quantitative estimate of drug-likeness (QED) is 0.567. The van der Waals surface area contributed by atoms with E-state index in [1.165, 1.54) is 13.8 Å². The second-order valence-corrected chi connectivity index (χ2v) is 4.43. The van der Waals surface area contributed by atoms with Crippen molar-refractivity contribution in [1.82, 2.24) is 0 Å². The van der Waals surface area contributed by atoms with Crippen LogP contribution >= 0.6 is 0 Å². The zero-order valence-corrected chi connectivity index (χ0v) is 7.18. The highest BCUT2D eigenvalue weighted by molar-refractivity contribution is 7.85. The number of hydrogen-bond donors (Lipinski definition) is 2. The molecule has 0 atom stereocenters. The number of carbonyl (C=O) groups is 1. The summed E-state index contributed by atoms with van der Waals surface area (Å²) in [6.45, 7) is 2.70. The van der Waals surface area contributed by atoms with Crippen LogP contribution in [-0.2, 0) is 14.9 Å². The van der Waals surface area contributed by atoms with Gasteiger partial charge in [-0.25, -0.2) is 0 Å². The Labute approximate surface area is 65.3 Å². The van der Waals surface area contributed by atoms with Crippen molar-refractivity contribution < 1.29 is 17.8 Å². The number of amides is 1. The van der Waals surface area contributed by atoms with E-state index in [2.05, 4.69) is 0 Å². The van der Waals surface area contributed by atoms with Crippen molar-refractivity contribution >= 4 is 16.0 Å². The van der Waals surface area contributed by atoms with E-state index in [1.54, 1.807) is 0 Å². The number of carbonyl (C=O) groups excluding carboxylic acids is 1. The Morgan fingerprint density at radius 2 is 1.91 bits per heavy atom. The first kappa shape index (κ1) is 10.4. The molecule has 0 aliphatic rings. The lowest BCUT2D eigenvalue weighted by molar-refractivity contribution is -0.125. The maximum atomic E-state index is 10.5. The minimum Gasteiger partial charge on any atom is -0.369 e. The van der Waals surface area contributed by atoms with Crippen molar-refractivity contribution in [2.45, 2.75) is 13.8 Å². The maximum absolute atomic E-state index is 10.5. The van der Waals surface area contributed by atoms with Crippen LogP contribution in [0.15, 0.2) is 0 Å². The zero-order valence-electron chi connectivity index (χ0n) is 6.36. The molecule has 1 amide bonds. The molecule has 11 heavy (non-hydrogen) atoms. The van der Waals surface area contributed by atoms with Gasteiger partial charge in [-0.05, 0) is 13.8 Å². The minimum absolute atomic E-state index is 0.644. The molecule has 0 aromatic carbocycles. The smallest absolute Gasteiger partial charge is 0.265 e. The third-order valence-corrected chi connectivity index (χ3v) is 2.30. The summed E-state index contributed by atoms with van der Waals surface area (Å²) < 4.78 is 29.0. The van der Waals surface area contributed by atoms with Gasteiger partial charge in [0, 0.05) is 0 Å². The molecule has 0 saturated carbocycles. The number of primary amides is 1. The van der Waals surface area contributed by atoms with E-state index >= 15 is 0 Å². The minimum atomic E-state index is -4.13. The van der Waals surface area contributed by atoms with Gasteiger partial charge in [0.2, 0.25) is 5.91 Å². The molecule has 0 radical (unpaired) electrons. The summed E-state index contributed by atoms with van der Waals surface area (Å²) >= 11 is 0. The lowest BCUT2D eigenvalue weighted by Gasteiger charge is -2.17. The average Bonchev–Trinajstić information content (AvgIpc) is 1.56. The fourth-order valence-electron chi connectivity index (χ4n) is 0.527. The molecule has 3 N–H and O–H groups in total. The number of hydrogen-bond acceptors (Lipinski definition) is 3. The normalized spacial score (nSPS) is 13.0. The molecule has 0 fully saturated rings. The van der Waals surface area contributed by atoms with Crippen LogP contribution in [-0.4, -0.2) is 24.6 Å². The molecule has 0 heterocycles. The van der Waals surface area contributed by atoms with Crippen LogP contribution in [0, 0.1) is 5.41 Å². The van der Waals surface area contributed by atoms with Crippen LogP contribution in [0.4, 0.5) is 0 Å². The lowest BCUT2D eigenvalue weighted by Crippen LogP contribution is -2.37. The first-order valence-corrected chi connectivity index (χ1v) is 4.51. The molecular weight excluding hydrogens is 170 g/mol. The van der Waals surface area contributed by atoms with Crippen LogP contribution in [0.2, 0.25) is 0 Å². The Morgan fingerprint density at radius 3 is 2.00 bits per heavy atom. The SMILES string of the molecule is CC(C)(CS(=O)(=O)O)C(N)=O. The van der Waals surface area contributed by atoms with E-state index < -0.39 is 27.2 Å². The molecule has 0 rings (SSSR count). The van der Waals surface area contributed by atoms with Gasteiger partial charge in [-0.3, -0.25) is 9.35 Å². The molecule has 0 aliphatic heterocycles. The predicted molar refractivity (Wildman–Crippen MR) is 39.4 cm³/mol. The van der Waals surface area contributed by atoms with Gasteiger partial charge in [-0.15, -0.1) is 0 Å².